The Morgan fingerprint density at radius 2 is 2.05 bits per heavy atom. The smallest absolute Gasteiger partial charge is 0.282 e. The molecule has 0 radical (unpaired) electrons. The van der Waals surface area contributed by atoms with Crippen molar-refractivity contribution < 1.29 is 8.42 Å². The molecule has 0 unspecified atom stereocenters. The molecular formula is C11H12ClN3O2S2. The van der Waals surface area contributed by atoms with Crippen LogP contribution < -0.4 is 4.72 Å². The Kier molecular flexibility index (Phi) is 4.07. The average molecular weight is 318 g/mol. The normalized spacial score (nSPS) is 11.5. The maximum Gasteiger partial charge on any atom is 0.282 e. The van der Waals surface area contributed by atoms with Gasteiger partial charge in [-0.2, -0.15) is 8.42 Å². The zero-order valence-electron chi connectivity index (χ0n) is 10.3. The quantitative estimate of drug-likeness (QED) is 0.880. The van der Waals surface area contributed by atoms with Gasteiger partial charge in [0.2, 0.25) is 5.03 Å². The minimum Gasteiger partial charge on any atom is -0.324 e. The molecule has 0 aliphatic rings. The van der Waals surface area contributed by atoms with Gasteiger partial charge in [-0.3, -0.25) is 4.72 Å². The first kappa shape index (κ1) is 14.2. The third-order valence-corrected chi connectivity index (χ3v) is 5.09. The number of hydrogen-bond acceptors (Lipinski definition) is 4. The van der Waals surface area contributed by atoms with Crippen molar-refractivity contribution in [3.05, 3.63) is 35.7 Å². The number of halogens is 1. The van der Waals surface area contributed by atoms with Crippen LogP contribution in [0, 0.1) is 0 Å². The SMILES string of the molecule is CSc1ccccc1NS(=O)(=O)c1ncn(C)c1Cl. The van der Waals surface area contributed by atoms with E-state index in [9.17, 15) is 8.42 Å². The maximum atomic E-state index is 12.2. The van der Waals surface area contributed by atoms with Gasteiger partial charge in [0.25, 0.3) is 10.0 Å². The van der Waals surface area contributed by atoms with E-state index < -0.39 is 10.0 Å². The second-order valence-electron chi connectivity index (χ2n) is 3.76. The van der Waals surface area contributed by atoms with E-state index in [-0.39, 0.29) is 10.2 Å². The molecule has 0 saturated carbocycles. The standard InChI is InChI=1S/C11H12ClN3O2S2/c1-15-7-13-11(10(15)12)19(16,17)14-8-5-3-4-6-9(8)18-2/h3-7,14H,1-2H3. The van der Waals surface area contributed by atoms with E-state index in [0.29, 0.717) is 5.69 Å². The van der Waals surface area contributed by atoms with E-state index in [1.807, 2.05) is 18.4 Å². The molecule has 0 fully saturated rings. The fourth-order valence-electron chi connectivity index (χ4n) is 1.50. The highest BCUT2D eigenvalue weighted by atomic mass is 35.5. The zero-order valence-corrected chi connectivity index (χ0v) is 12.7. The van der Waals surface area contributed by atoms with Gasteiger partial charge >= 0.3 is 0 Å². The predicted octanol–water partition coefficient (Wildman–Crippen LogP) is 2.60. The molecule has 0 bridgehead atoms. The summed E-state index contributed by atoms with van der Waals surface area (Å²) in [5.41, 5.74) is 0.511. The van der Waals surface area contributed by atoms with Crippen molar-refractivity contribution in [1.82, 2.24) is 9.55 Å². The summed E-state index contributed by atoms with van der Waals surface area (Å²) < 4.78 is 28.4. The number of aryl methyl sites for hydroxylation is 1. The highest BCUT2D eigenvalue weighted by molar-refractivity contribution is 7.99. The monoisotopic (exact) mass is 317 g/mol. The largest absolute Gasteiger partial charge is 0.324 e. The van der Waals surface area contributed by atoms with Gasteiger partial charge in [0, 0.05) is 11.9 Å². The van der Waals surface area contributed by atoms with Crippen LogP contribution in [0.3, 0.4) is 0 Å². The third-order valence-electron chi connectivity index (χ3n) is 2.44. The lowest BCUT2D eigenvalue weighted by Crippen LogP contribution is -2.14. The minimum absolute atomic E-state index is 0.0779. The molecule has 0 aliphatic carbocycles. The van der Waals surface area contributed by atoms with E-state index in [4.69, 9.17) is 11.6 Å². The number of benzene rings is 1. The number of hydrogen-bond donors (Lipinski definition) is 1. The molecule has 0 amide bonds. The number of para-hydroxylation sites is 1. The average Bonchev–Trinajstić information content (AvgIpc) is 2.71. The number of nitrogens with one attached hydrogen (secondary N) is 1. The number of thioether (sulfide) groups is 1. The van der Waals surface area contributed by atoms with Crippen LogP contribution in [0.1, 0.15) is 0 Å². The molecule has 0 atom stereocenters. The highest BCUT2D eigenvalue weighted by Crippen LogP contribution is 2.28. The van der Waals surface area contributed by atoms with E-state index in [1.165, 1.54) is 22.7 Å². The molecule has 1 aromatic heterocycles. The number of anilines is 1. The summed E-state index contributed by atoms with van der Waals surface area (Å²) in [6.45, 7) is 0. The minimum atomic E-state index is -3.78. The Balaban J connectivity index is 2.39. The molecule has 1 heterocycles. The molecule has 1 aromatic carbocycles. The second-order valence-corrected chi connectivity index (χ2v) is 6.56. The first-order valence-corrected chi connectivity index (χ1v) is 8.37. The van der Waals surface area contributed by atoms with Crippen molar-refractivity contribution >= 4 is 39.1 Å². The van der Waals surface area contributed by atoms with Gasteiger partial charge < -0.3 is 4.57 Å². The fraction of sp³-hybridized carbons (Fsp3) is 0.182. The van der Waals surface area contributed by atoms with Crippen molar-refractivity contribution in [1.29, 1.82) is 0 Å². The summed E-state index contributed by atoms with van der Waals surface area (Å²) >= 11 is 7.36. The first-order valence-electron chi connectivity index (χ1n) is 5.28. The van der Waals surface area contributed by atoms with E-state index >= 15 is 0 Å². The van der Waals surface area contributed by atoms with Gasteiger partial charge in [-0.1, -0.05) is 23.7 Å². The number of imidazole rings is 1. The molecular weight excluding hydrogens is 306 g/mol. The number of sulfonamides is 1. The fourth-order valence-corrected chi connectivity index (χ4v) is 3.63. The molecule has 19 heavy (non-hydrogen) atoms. The number of aromatic nitrogens is 2. The van der Waals surface area contributed by atoms with Gasteiger partial charge in [0.15, 0.2) is 0 Å². The predicted molar refractivity (Wildman–Crippen MR) is 77.2 cm³/mol. The van der Waals surface area contributed by atoms with E-state index in [0.717, 1.165) is 4.90 Å². The van der Waals surface area contributed by atoms with E-state index in [2.05, 4.69) is 9.71 Å². The lowest BCUT2D eigenvalue weighted by Gasteiger charge is -2.09. The van der Waals surface area contributed by atoms with Crippen LogP contribution in [0.25, 0.3) is 0 Å². The lowest BCUT2D eigenvalue weighted by molar-refractivity contribution is 0.598. The summed E-state index contributed by atoms with van der Waals surface area (Å²) in [5.74, 6) is 0. The third kappa shape index (κ3) is 2.88. The molecule has 0 spiro atoms. The van der Waals surface area contributed by atoms with Gasteiger partial charge in [-0.15, -0.1) is 11.8 Å². The van der Waals surface area contributed by atoms with Crippen LogP contribution in [0.15, 0.2) is 40.5 Å². The Morgan fingerprint density at radius 3 is 2.63 bits per heavy atom. The Morgan fingerprint density at radius 1 is 1.37 bits per heavy atom. The summed E-state index contributed by atoms with van der Waals surface area (Å²) in [6.07, 6.45) is 3.23. The first-order chi connectivity index (χ1) is 8.95. The van der Waals surface area contributed by atoms with Crippen molar-refractivity contribution in [2.24, 2.45) is 7.05 Å². The van der Waals surface area contributed by atoms with Crippen LogP contribution in [0.2, 0.25) is 5.15 Å². The van der Waals surface area contributed by atoms with Crippen molar-refractivity contribution in [2.45, 2.75) is 9.92 Å². The van der Waals surface area contributed by atoms with Crippen molar-refractivity contribution in [3.8, 4) is 0 Å². The maximum absolute atomic E-state index is 12.2. The molecule has 0 saturated heterocycles. The van der Waals surface area contributed by atoms with Crippen LogP contribution >= 0.6 is 23.4 Å². The molecule has 0 aliphatic heterocycles. The Labute approximate surface area is 121 Å². The zero-order chi connectivity index (χ0) is 14.0. The van der Waals surface area contributed by atoms with Crippen LogP contribution in [-0.4, -0.2) is 24.2 Å². The molecule has 5 nitrogen and oxygen atoms in total. The lowest BCUT2D eigenvalue weighted by atomic mass is 10.3. The number of rotatable bonds is 4. The van der Waals surface area contributed by atoms with Crippen LogP contribution in [-0.2, 0) is 17.1 Å². The Bertz CT molecular complexity index is 698. The van der Waals surface area contributed by atoms with Gasteiger partial charge in [-0.05, 0) is 18.4 Å². The molecule has 2 rings (SSSR count). The molecule has 102 valence electrons. The van der Waals surface area contributed by atoms with E-state index in [1.54, 1.807) is 19.2 Å². The van der Waals surface area contributed by atoms with Gasteiger partial charge in [0.1, 0.15) is 5.15 Å². The number of nitrogens with zero attached hydrogens (tertiary/aromatic N) is 2. The molecule has 8 heteroatoms. The molecule has 2 aromatic rings. The summed E-state index contributed by atoms with van der Waals surface area (Å²) in [7, 11) is -2.15. The summed E-state index contributed by atoms with van der Waals surface area (Å²) in [4.78, 5) is 4.64. The van der Waals surface area contributed by atoms with Crippen molar-refractivity contribution in [3.63, 3.8) is 0 Å². The van der Waals surface area contributed by atoms with Crippen LogP contribution in [0.5, 0.6) is 0 Å². The molecule has 1 N–H and O–H groups in total. The highest BCUT2D eigenvalue weighted by Gasteiger charge is 2.23. The van der Waals surface area contributed by atoms with Crippen LogP contribution in [0.4, 0.5) is 5.69 Å². The Hall–Kier alpha value is -1.18. The topological polar surface area (TPSA) is 64.0 Å². The summed E-state index contributed by atoms with van der Waals surface area (Å²) in [6, 6.07) is 7.14. The second kappa shape index (κ2) is 5.44. The summed E-state index contributed by atoms with van der Waals surface area (Å²) in [5, 5.41) is -0.0956. The van der Waals surface area contributed by atoms with Gasteiger partial charge in [-0.25, -0.2) is 4.98 Å². The van der Waals surface area contributed by atoms with Gasteiger partial charge in [0.05, 0.1) is 12.0 Å². The van der Waals surface area contributed by atoms with Crippen molar-refractivity contribution in [2.75, 3.05) is 11.0 Å².